The number of aliphatic imine (C=N–C) groups is 1. The summed E-state index contributed by atoms with van der Waals surface area (Å²) in [6.45, 7) is 6.00. The molecule has 1 amide bonds. The SMILES string of the molecule is C[C@@H](O)[C@H]1C(=O)N2C(C(=O)OCOC(=O)C(C)(C)C)=C(c3cccc(N=C(N)N)c3)C[C@H]12. The van der Waals surface area contributed by atoms with Crippen molar-refractivity contribution in [3.8, 4) is 0 Å². The van der Waals surface area contributed by atoms with E-state index in [1.165, 1.54) is 4.90 Å². The molecule has 10 nitrogen and oxygen atoms in total. The minimum absolute atomic E-state index is 0.0607. The lowest BCUT2D eigenvalue weighted by Crippen LogP contribution is -2.61. The number of hydrogen-bond donors (Lipinski definition) is 3. The number of esters is 2. The zero-order valence-electron chi connectivity index (χ0n) is 18.5. The Morgan fingerprint density at radius 1 is 1.28 bits per heavy atom. The number of nitrogens with two attached hydrogens (primary N) is 2. The first-order valence-electron chi connectivity index (χ1n) is 10.2. The normalized spacial score (nSPS) is 20.9. The number of aliphatic hydroxyl groups excluding tert-OH is 1. The molecule has 1 aromatic rings. The van der Waals surface area contributed by atoms with E-state index in [1.54, 1.807) is 52.0 Å². The van der Waals surface area contributed by atoms with Crippen LogP contribution in [0.5, 0.6) is 0 Å². The number of rotatable bonds is 6. The summed E-state index contributed by atoms with van der Waals surface area (Å²) in [4.78, 5) is 42.9. The summed E-state index contributed by atoms with van der Waals surface area (Å²) >= 11 is 0. The second kappa shape index (κ2) is 8.62. The average molecular weight is 444 g/mol. The maximum atomic E-state index is 12.9. The Hall–Kier alpha value is -3.40. The fourth-order valence-corrected chi connectivity index (χ4v) is 3.85. The van der Waals surface area contributed by atoms with E-state index in [4.69, 9.17) is 20.9 Å². The molecule has 1 aromatic carbocycles. The lowest BCUT2D eigenvalue weighted by atomic mass is 9.82. The Bertz CT molecular complexity index is 1000. The van der Waals surface area contributed by atoms with Crippen molar-refractivity contribution in [1.29, 1.82) is 0 Å². The van der Waals surface area contributed by atoms with Crippen molar-refractivity contribution < 1.29 is 29.0 Å². The molecule has 2 aliphatic rings. The molecule has 0 aromatic heterocycles. The van der Waals surface area contributed by atoms with Crippen molar-refractivity contribution in [3.63, 3.8) is 0 Å². The quantitative estimate of drug-likeness (QED) is 0.193. The van der Waals surface area contributed by atoms with Gasteiger partial charge in [-0.2, -0.15) is 0 Å². The van der Waals surface area contributed by atoms with Crippen LogP contribution >= 0.6 is 0 Å². The standard InChI is InChI=1S/C22H28N4O6/c1-11(27)16-15-9-14(12-6-5-7-13(8-12)25-21(23)24)17(26(15)18(16)28)19(29)31-10-32-20(30)22(2,3)4/h5-8,11,15-16,27H,9-10H2,1-4H3,(H4,23,24,25)/t11-,15-,16-/m1/s1. The maximum absolute atomic E-state index is 12.9. The van der Waals surface area contributed by atoms with Crippen LogP contribution in [-0.4, -0.2) is 52.8 Å². The highest BCUT2D eigenvalue weighted by Gasteiger charge is 2.57. The Morgan fingerprint density at radius 2 is 1.97 bits per heavy atom. The summed E-state index contributed by atoms with van der Waals surface area (Å²) in [6, 6.07) is 6.50. The van der Waals surface area contributed by atoms with Crippen LogP contribution in [0.3, 0.4) is 0 Å². The minimum Gasteiger partial charge on any atom is -0.427 e. The van der Waals surface area contributed by atoms with Crippen molar-refractivity contribution in [3.05, 3.63) is 35.5 Å². The molecule has 0 saturated carbocycles. The first kappa shape index (κ1) is 23.3. The van der Waals surface area contributed by atoms with E-state index in [0.29, 0.717) is 23.2 Å². The Morgan fingerprint density at radius 3 is 2.56 bits per heavy atom. The van der Waals surface area contributed by atoms with Gasteiger partial charge in [-0.1, -0.05) is 12.1 Å². The van der Waals surface area contributed by atoms with Crippen LogP contribution in [0.4, 0.5) is 5.69 Å². The molecule has 0 unspecified atom stereocenters. The number of guanidine groups is 1. The van der Waals surface area contributed by atoms with Crippen molar-refractivity contribution in [2.75, 3.05) is 6.79 Å². The summed E-state index contributed by atoms with van der Waals surface area (Å²) < 4.78 is 10.2. The van der Waals surface area contributed by atoms with Crippen LogP contribution in [0.25, 0.3) is 5.57 Å². The number of ether oxygens (including phenoxy) is 2. The van der Waals surface area contributed by atoms with Crippen LogP contribution in [-0.2, 0) is 23.9 Å². The van der Waals surface area contributed by atoms with Crippen molar-refractivity contribution in [2.45, 2.75) is 46.3 Å². The van der Waals surface area contributed by atoms with E-state index in [-0.39, 0.29) is 23.6 Å². The van der Waals surface area contributed by atoms with E-state index in [1.807, 2.05) is 0 Å². The van der Waals surface area contributed by atoms with E-state index in [9.17, 15) is 19.5 Å². The molecule has 172 valence electrons. The second-order valence-electron chi connectivity index (χ2n) is 8.89. The van der Waals surface area contributed by atoms with Crippen LogP contribution in [0.15, 0.2) is 35.0 Å². The monoisotopic (exact) mass is 444 g/mol. The third-order valence-electron chi connectivity index (χ3n) is 5.37. The van der Waals surface area contributed by atoms with Gasteiger partial charge in [0.2, 0.25) is 12.7 Å². The number of β-lactam (4-membered cyclic amide) rings is 1. The molecular weight excluding hydrogens is 416 g/mol. The number of carbonyl (C=O) groups is 3. The average Bonchev–Trinajstić information content (AvgIpc) is 3.01. The molecule has 0 bridgehead atoms. The van der Waals surface area contributed by atoms with Gasteiger partial charge in [0.15, 0.2) is 5.96 Å². The molecule has 32 heavy (non-hydrogen) atoms. The van der Waals surface area contributed by atoms with Gasteiger partial charge < -0.3 is 30.9 Å². The lowest BCUT2D eigenvalue weighted by Gasteiger charge is -2.44. The maximum Gasteiger partial charge on any atom is 0.358 e. The molecule has 1 saturated heterocycles. The molecular formula is C22H28N4O6. The van der Waals surface area contributed by atoms with Gasteiger partial charge in [0.05, 0.1) is 29.2 Å². The number of carbonyl (C=O) groups excluding carboxylic acids is 3. The number of hydrogen-bond acceptors (Lipinski definition) is 7. The van der Waals surface area contributed by atoms with Gasteiger partial charge in [0.25, 0.3) is 0 Å². The fourth-order valence-electron chi connectivity index (χ4n) is 3.85. The second-order valence-corrected chi connectivity index (χ2v) is 8.89. The molecule has 0 aliphatic carbocycles. The van der Waals surface area contributed by atoms with Gasteiger partial charge in [-0.3, -0.25) is 9.59 Å². The third-order valence-corrected chi connectivity index (χ3v) is 5.37. The van der Waals surface area contributed by atoms with E-state index in [2.05, 4.69) is 4.99 Å². The summed E-state index contributed by atoms with van der Waals surface area (Å²) in [6.07, 6.45) is -0.514. The summed E-state index contributed by atoms with van der Waals surface area (Å²) in [7, 11) is 0. The molecule has 2 aliphatic heterocycles. The minimum atomic E-state index is -0.860. The van der Waals surface area contributed by atoms with Gasteiger partial charge in [-0.25, -0.2) is 9.79 Å². The van der Waals surface area contributed by atoms with E-state index in [0.717, 1.165) is 0 Å². The molecule has 3 atom stereocenters. The van der Waals surface area contributed by atoms with Crippen molar-refractivity contribution >= 4 is 35.1 Å². The number of fused-ring (bicyclic) bond motifs is 1. The van der Waals surface area contributed by atoms with Gasteiger partial charge >= 0.3 is 11.9 Å². The molecule has 1 fully saturated rings. The highest BCUT2D eigenvalue weighted by molar-refractivity contribution is 6.07. The summed E-state index contributed by atoms with van der Waals surface area (Å²) in [5, 5.41) is 10.0. The van der Waals surface area contributed by atoms with Gasteiger partial charge in [0, 0.05) is 0 Å². The van der Waals surface area contributed by atoms with Crippen molar-refractivity contribution in [2.24, 2.45) is 27.8 Å². The Labute approximate surface area is 185 Å². The van der Waals surface area contributed by atoms with Gasteiger partial charge in [-0.15, -0.1) is 0 Å². The first-order chi connectivity index (χ1) is 14.9. The topological polar surface area (TPSA) is 158 Å². The highest BCUT2D eigenvalue weighted by atomic mass is 16.7. The molecule has 2 heterocycles. The van der Waals surface area contributed by atoms with Crippen LogP contribution in [0.1, 0.15) is 39.7 Å². The van der Waals surface area contributed by atoms with E-state index >= 15 is 0 Å². The van der Waals surface area contributed by atoms with Crippen LogP contribution in [0.2, 0.25) is 0 Å². The van der Waals surface area contributed by atoms with Crippen molar-refractivity contribution in [1.82, 2.24) is 4.90 Å². The predicted octanol–water partition coefficient (Wildman–Crippen LogP) is 1.00. The number of aliphatic hydroxyl groups is 1. The Kier molecular flexibility index (Phi) is 6.27. The van der Waals surface area contributed by atoms with Crippen LogP contribution in [0, 0.1) is 11.3 Å². The number of benzene rings is 1. The third kappa shape index (κ3) is 4.45. The smallest absolute Gasteiger partial charge is 0.358 e. The number of nitrogens with zero attached hydrogens (tertiary/aromatic N) is 2. The van der Waals surface area contributed by atoms with Gasteiger partial charge in [0.1, 0.15) is 5.70 Å². The Balaban J connectivity index is 1.90. The lowest BCUT2D eigenvalue weighted by molar-refractivity contribution is -0.175. The number of amides is 1. The summed E-state index contributed by atoms with van der Waals surface area (Å²) in [5.74, 6) is -2.42. The predicted molar refractivity (Wildman–Crippen MR) is 116 cm³/mol. The van der Waals surface area contributed by atoms with Gasteiger partial charge in [-0.05, 0) is 57.4 Å². The zero-order valence-corrected chi connectivity index (χ0v) is 18.5. The molecule has 10 heteroatoms. The highest BCUT2D eigenvalue weighted by Crippen LogP contribution is 2.47. The molecule has 0 radical (unpaired) electrons. The molecule has 0 spiro atoms. The zero-order chi connectivity index (χ0) is 23.8. The first-order valence-corrected chi connectivity index (χ1v) is 10.2. The van der Waals surface area contributed by atoms with Crippen LogP contribution < -0.4 is 11.5 Å². The largest absolute Gasteiger partial charge is 0.427 e. The summed E-state index contributed by atoms with van der Waals surface area (Å²) in [5.41, 5.74) is 11.9. The molecule has 3 rings (SSSR count). The van der Waals surface area contributed by atoms with E-state index < -0.39 is 36.2 Å². The fraction of sp³-hybridized carbons (Fsp3) is 0.455. The molecule has 5 N–H and O–H groups in total.